The lowest BCUT2D eigenvalue weighted by Gasteiger charge is -2.30. The molecule has 0 spiro atoms. The third-order valence-corrected chi connectivity index (χ3v) is 12.1. The summed E-state index contributed by atoms with van der Waals surface area (Å²) in [4.78, 5) is 7.67. The molecule has 0 unspecified atom stereocenters. The molecular formula is C59H38N2O2. The van der Waals surface area contributed by atoms with Gasteiger partial charge in [0.25, 0.3) is 0 Å². The summed E-state index contributed by atoms with van der Waals surface area (Å²) in [6, 6.07) is 81.4. The number of anilines is 3. The molecule has 4 heteroatoms. The zero-order valence-electron chi connectivity index (χ0n) is 34.2. The van der Waals surface area contributed by atoms with Gasteiger partial charge in [-0.3, -0.25) is 0 Å². The number of para-hydroxylation sites is 1. The van der Waals surface area contributed by atoms with E-state index >= 15 is 0 Å². The molecule has 12 aromatic rings. The van der Waals surface area contributed by atoms with Gasteiger partial charge in [-0.25, -0.2) is 4.98 Å². The van der Waals surface area contributed by atoms with Gasteiger partial charge in [0.15, 0.2) is 5.58 Å². The minimum absolute atomic E-state index is 0.569. The van der Waals surface area contributed by atoms with E-state index in [4.69, 9.17) is 13.8 Å². The summed E-state index contributed by atoms with van der Waals surface area (Å²) in [7, 11) is 0. The van der Waals surface area contributed by atoms with Crippen molar-refractivity contribution in [1.82, 2.24) is 4.98 Å². The van der Waals surface area contributed by atoms with Crippen molar-refractivity contribution in [3.05, 3.63) is 231 Å². The second kappa shape index (κ2) is 15.2. The molecule has 0 aliphatic heterocycles. The highest BCUT2D eigenvalue weighted by molar-refractivity contribution is 6.19. The first kappa shape index (κ1) is 36.4. The van der Waals surface area contributed by atoms with Gasteiger partial charge in [-0.05, 0) is 93.4 Å². The zero-order chi connectivity index (χ0) is 41.7. The maximum absolute atomic E-state index is 6.56. The Labute approximate surface area is 364 Å². The number of furan rings is 1. The number of benzene rings is 10. The molecule has 0 amide bonds. The molecule has 296 valence electrons. The number of hydrogen-bond acceptors (Lipinski definition) is 4. The predicted molar refractivity (Wildman–Crippen MR) is 261 cm³/mol. The van der Waals surface area contributed by atoms with E-state index in [0.717, 1.165) is 94.4 Å². The van der Waals surface area contributed by atoms with Crippen LogP contribution in [0.3, 0.4) is 0 Å². The van der Waals surface area contributed by atoms with Crippen molar-refractivity contribution in [3.63, 3.8) is 0 Å². The second-order valence-corrected chi connectivity index (χ2v) is 15.9. The van der Waals surface area contributed by atoms with Crippen LogP contribution < -0.4 is 4.90 Å². The standard InChI is InChI=1S/C59H38N2O2/c1-5-17-39(18-6-1)41-29-32-47(33-30-41)61(52-37-46(40-19-7-2-8-20-40)35-44-25-13-14-26-48(44)52)51-34-31-45(36-50(51)42-21-9-3-10-22-42)56-57-49-27-15-16-28-53(49)62-54(57)38-55-58(56)60-59(63-55)43-23-11-4-12-24-43/h1-38H. The van der Waals surface area contributed by atoms with Crippen LogP contribution in [-0.4, -0.2) is 4.98 Å². The Morgan fingerprint density at radius 3 is 1.63 bits per heavy atom. The molecule has 0 saturated carbocycles. The smallest absolute Gasteiger partial charge is 0.227 e. The summed E-state index contributed by atoms with van der Waals surface area (Å²) in [6.45, 7) is 0. The largest absolute Gasteiger partial charge is 0.456 e. The highest BCUT2D eigenvalue weighted by Gasteiger charge is 2.25. The Balaban J connectivity index is 1.14. The van der Waals surface area contributed by atoms with Gasteiger partial charge in [-0.2, -0.15) is 0 Å². The molecule has 0 aliphatic rings. The number of fused-ring (bicyclic) bond motifs is 5. The summed E-state index contributed by atoms with van der Waals surface area (Å²) in [5, 5.41) is 4.36. The van der Waals surface area contributed by atoms with E-state index in [-0.39, 0.29) is 0 Å². The molecule has 12 rings (SSSR count). The summed E-state index contributed by atoms with van der Waals surface area (Å²) in [5.41, 5.74) is 15.9. The minimum atomic E-state index is 0.569. The van der Waals surface area contributed by atoms with Crippen molar-refractivity contribution in [1.29, 1.82) is 0 Å². The molecule has 2 aromatic heterocycles. The molecule has 0 bridgehead atoms. The fourth-order valence-corrected chi connectivity index (χ4v) is 9.11. The maximum atomic E-state index is 6.56. The van der Waals surface area contributed by atoms with Gasteiger partial charge in [0.2, 0.25) is 5.89 Å². The van der Waals surface area contributed by atoms with E-state index in [1.807, 2.05) is 48.5 Å². The van der Waals surface area contributed by atoms with E-state index in [0.29, 0.717) is 11.5 Å². The van der Waals surface area contributed by atoms with Crippen molar-refractivity contribution in [2.75, 3.05) is 4.90 Å². The summed E-state index contributed by atoms with van der Waals surface area (Å²) >= 11 is 0. The quantitative estimate of drug-likeness (QED) is 0.153. The average molecular weight is 807 g/mol. The van der Waals surface area contributed by atoms with Crippen LogP contribution in [0.25, 0.3) is 99.8 Å². The van der Waals surface area contributed by atoms with Gasteiger partial charge in [0.05, 0.1) is 11.4 Å². The van der Waals surface area contributed by atoms with Crippen LogP contribution in [-0.2, 0) is 0 Å². The van der Waals surface area contributed by atoms with Crippen molar-refractivity contribution < 1.29 is 8.83 Å². The Morgan fingerprint density at radius 1 is 0.349 bits per heavy atom. The molecule has 63 heavy (non-hydrogen) atoms. The Kier molecular flexibility index (Phi) is 8.79. The van der Waals surface area contributed by atoms with Crippen LogP contribution >= 0.6 is 0 Å². The molecule has 0 atom stereocenters. The molecular weight excluding hydrogens is 769 g/mol. The van der Waals surface area contributed by atoms with Crippen molar-refractivity contribution in [3.8, 4) is 56.0 Å². The van der Waals surface area contributed by atoms with E-state index in [9.17, 15) is 0 Å². The first-order chi connectivity index (χ1) is 31.2. The lowest BCUT2D eigenvalue weighted by molar-refractivity contribution is 0.617. The van der Waals surface area contributed by atoms with Crippen LogP contribution in [0.15, 0.2) is 239 Å². The van der Waals surface area contributed by atoms with Crippen LogP contribution in [0.5, 0.6) is 0 Å². The van der Waals surface area contributed by atoms with Crippen molar-refractivity contribution in [2.45, 2.75) is 0 Å². The van der Waals surface area contributed by atoms with Gasteiger partial charge >= 0.3 is 0 Å². The lowest BCUT2D eigenvalue weighted by Crippen LogP contribution is -2.12. The normalized spacial score (nSPS) is 11.5. The van der Waals surface area contributed by atoms with E-state index in [1.54, 1.807) is 0 Å². The SMILES string of the molecule is c1ccc(-c2ccc(N(c3ccc(-c4c5nc(-c6ccccc6)oc5cc5oc6ccccc6c45)cc3-c3ccccc3)c3cc(-c4ccccc4)cc4ccccc34)cc2)cc1. The Bertz CT molecular complexity index is 3600. The van der Waals surface area contributed by atoms with Crippen LogP contribution in [0.2, 0.25) is 0 Å². The number of rotatable bonds is 8. The summed E-state index contributed by atoms with van der Waals surface area (Å²) in [6.07, 6.45) is 0. The summed E-state index contributed by atoms with van der Waals surface area (Å²) < 4.78 is 13.1. The van der Waals surface area contributed by atoms with E-state index in [2.05, 4.69) is 187 Å². The van der Waals surface area contributed by atoms with E-state index in [1.165, 1.54) is 10.9 Å². The Hall–Kier alpha value is -8.47. The van der Waals surface area contributed by atoms with Gasteiger partial charge in [0, 0.05) is 44.6 Å². The van der Waals surface area contributed by atoms with Gasteiger partial charge in [-0.1, -0.05) is 170 Å². The molecule has 0 saturated heterocycles. The predicted octanol–water partition coefficient (Wildman–Crippen LogP) is 16.7. The second-order valence-electron chi connectivity index (χ2n) is 15.9. The number of hydrogen-bond donors (Lipinski definition) is 0. The topological polar surface area (TPSA) is 42.4 Å². The van der Waals surface area contributed by atoms with Crippen molar-refractivity contribution >= 4 is 60.9 Å². The van der Waals surface area contributed by atoms with E-state index < -0.39 is 0 Å². The average Bonchev–Trinajstić information content (AvgIpc) is 3.96. The Morgan fingerprint density at radius 2 is 0.921 bits per heavy atom. The number of oxazole rings is 1. The number of aromatic nitrogens is 1. The molecule has 2 heterocycles. The first-order valence-corrected chi connectivity index (χ1v) is 21.3. The third-order valence-electron chi connectivity index (χ3n) is 12.1. The molecule has 4 nitrogen and oxygen atoms in total. The van der Waals surface area contributed by atoms with Crippen LogP contribution in [0.4, 0.5) is 17.1 Å². The third kappa shape index (κ3) is 6.44. The zero-order valence-corrected chi connectivity index (χ0v) is 34.2. The maximum Gasteiger partial charge on any atom is 0.227 e. The lowest BCUT2D eigenvalue weighted by atomic mass is 9.92. The first-order valence-electron chi connectivity index (χ1n) is 21.3. The molecule has 10 aromatic carbocycles. The monoisotopic (exact) mass is 806 g/mol. The molecule has 0 aliphatic carbocycles. The molecule has 0 N–H and O–H groups in total. The van der Waals surface area contributed by atoms with Crippen LogP contribution in [0, 0.1) is 0 Å². The van der Waals surface area contributed by atoms with Crippen LogP contribution in [0.1, 0.15) is 0 Å². The summed E-state index contributed by atoms with van der Waals surface area (Å²) in [5.74, 6) is 0.569. The molecule has 0 radical (unpaired) electrons. The fourth-order valence-electron chi connectivity index (χ4n) is 9.11. The van der Waals surface area contributed by atoms with Gasteiger partial charge in [-0.15, -0.1) is 0 Å². The van der Waals surface area contributed by atoms with Crippen molar-refractivity contribution in [2.24, 2.45) is 0 Å². The highest BCUT2D eigenvalue weighted by Crippen LogP contribution is 2.49. The van der Waals surface area contributed by atoms with Gasteiger partial charge < -0.3 is 13.7 Å². The number of nitrogens with zero attached hydrogens (tertiary/aromatic N) is 2. The van der Waals surface area contributed by atoms with Gasteiger partial charge in [0.1, 0.15) is 16.7 Å². The highest BCUT2D eigenvalue weighted by atomic mass is 16.4. The minimum Gasteiger partial charge on any atom is -0.456 e. The molecule has 0 fully saturated rings. The fraction of sp³-hybridized carbons (Fsp3) is 0.